The molecule has 0 spiro atoms. The topological polar surface area (TPSA) is 54.5 Å². The minimum Gasteiger partial charge on any atom is -0.311 e. The van der Waals surface area contributed by atoms with Crippen molar-refractivity contribution in [2.45, 2.75) is 18.8 Å². The van der Waals surface area contributed by atoms with Crippen molar-refractivity contribution in [2.24, 2.45) is 0 Å². The molecule has 1 heterocycles. The summed E-state index contributed by atoms with van der Waals surface area (Å²) in [7, 11) is 0. The summed E-state index contributed by atoms with van der Waals surface area (Å²) < 4.78 is 2.03. The van der Waals surface area contributed by atoms with Crippen molar-refractivity contribution in [3.63, 3.8) is 0 Å². The molecule has 5 heteroatoms. The highest BCUT2D eigenvalue weighted by molar-refractivity contribution is 9.08. The molecule has 2 rings (SSSR count). The van der Waals surface area contributed by atoms with E-state index < -0.39 is 0 Å². The van der Waals surface area contributed by atoms with E-state index in [2.05, 4.69) is 32.2 Å². The molecule has 4 nitrogen and oxygen atoms in total. The minimum absolute atomic E-state index is 0.633. The summed E-state index contributed by atoms with van der Waals surface area (Å²) in [4.78, 5) is 0. The third-order valence-electron chi connectivity index (χ3n) is 2.51. The van der Waals surface area contributed by atoms with E-state index in [9.17, 15) is 0 Å². The van der Waals surface area contributed by atoms with Crippen LogP contribution in [0.1, 0.15) is 18.3 Å². The Morgan fingerprint density at radius 2 is 2.24 bits per heavy atom. The van der Waals surface area contributed by atoms with Crippen molar-refractivity contribution >= 4 is 15.9 Å². The average Bonchev–Trinajstić information content (AvgIpc) is 2.81. The second-order valence-corrected chi connectivity index (χ2v) is 4.07. The van der Waals surface area contributed by atoms with E-state index in [0.717, 1.165) is 23.8 Å². The maximum absolute atomic E-state index is 8.89. The minimum atomic E-state index is 0.633. The molecule has 17 heavy (non-hydrogen) atoms. The van der Waals surface area contributed by atoms with Crippen molar-refractivity contribution in [1.82, 2.24) is 14.8 Å². The lowest BCUT2D eigenvalue weighted by atomic mass is 10.1. The molecule has 0 radical (unpaired) electrons. The lowest BCUT2D eigenvalue weighted by molar-refractivity contribution is 0.733. The molecule has 0 aliphatic heterocycles. The molecular formula is C12H11BrN4. The van der Waals surface area contributed by atoms with Gasteiger partial charge in [0, 0.05) is 12.1 Å². The summed E-state index contributed by atoms with van der Waals surface area (Å²) >= 11 is 3.39. The summed E-state index contributed by atoms with van der Waals surface area (Å²) in [6, 6.07) is 9.53. The molecule has 0 amide bonds. The van der Waals surface area contributed by atoms with Gasteiger partial charge in [-0.1, -0.05) is 28.1 Å². The number of hydrogen-bond acceptors (Lipinski definition) is 3. The molecule has 0 saturated carbocycles. The molecule has 1 aromatic carbocycles. The monoisotopic (exact) mass is 290 g/mol. The van der Waals surface area contributed by atoms with Crippen molar-refractivity contribution in [3.05, 3.63) is 35.7 Å². The van der Waals surface area contributed by atoms with E-state index in [1.54, 1.807) is 6.07 Å². The Morgan fingerprint density at radius 3 is 2.88 bits per heavy atom. The number of benzene rings is 1. The van der Waals surface area contributed by atoms with E-state index in [1.807, 2.05) is 29.7 Å². The van der Waals surface area contributed by atoms with Crippen LogP contribution in [-0.4, -0.2) is 14.8 Å². The van der Waals surface area contributed by atoms with Crippen LogP contribution in [0, 0.1) is 11.3 Å². The van der Waals surface area contributed by atoms with Crippen molar-refractivity contribution in [3.8, 4) is 17.5 Å². The zero-order valence-corrected chi connectivity index (χ0v) is 11.0. The molecule has 0 atom stereocenters. The van der Waals surface area contributed by atoms with Gasteiger partial charge in [0.25, 0.3) is 0 Å². The molecule has 0 bridgehead atoms. The number of alkyl halides is 1. The lowest BCUT2D eigenvalue weighted by Gasteiger charge is -2.05. The van der Waals surface area contributed by atoms with Crippen LogP contribution in [0.15, 0.2) is 24.3 Å². The van der Waals surface area contributed by atoms with Crippen LogP contribution in [0.3, 0.4) is 0 Å². The van der Waals surface area contributed by atoms with E-state index in [4.69, 9.17) is 5.26 Å². The number of hydrogen-bond donors (Lipinski definition) is 0. The Balaban J connectivity index is 2.53. The van der Waals surface area contributed by atoms with Gasteiger partial charge in [0.1, 0.15) is 5.82 Å². The number of nitrogens with zero attached hydrogens (tertiary/aromatic N) is 4. The lowest BCUT2D eigenvalue weighted by Crippen LogP contribution is -2.01. The largest absolute Gasteiger partial charge is 0.311 e. The highest BCUT2D eigenvalue weighted by atomic mass is 79.9. The molecule has 2 aromatic rings. The highest BCUT2D eigenvalue weighted by Crippen LogP contribution is 2.20. The third-order valence-corrected chi connectivity index (χ3v) is 3.01. The van der Waals surface area contributed by atoms with Crippen LogP contribution in [0.4, 0.5) is 0 Å². The number of halogens is 1. The zero-order valence-electron chi connectivity index (χ0n) is 9.39. The first-order valence-electron chi connectivity index (χ1n) is 5.28. The van der Waals surface area contributed by atoms with Crippen LogP contribution in [0.2, 0.25) is 0 Å². The van der Waals surface area contributed by atoms with Gasteiger partial charge in [-0.25, -0.2) is 0 Å². The molecule has 0 saturated heterocycles. The zero-order chi connectivity index (χ0) is 12.3. The summed E-state index contributed by atoms with van der Waals surface area (Å²) in [5.41, 5.74) is 1.55. The quantitative estimate of drug-likeness (QED) is 0.817. The van der Waals surface area contributed by atoms with Crippen molar-refractivity contribution in [1.29, 1.82) is 5.26 Å². The first-order chi connectivity index (χ1) is 8.30. The molecule has 1 aromatic heterocycles. The number of aromatic nitrogens is 3. The van der Waals surface area contributed by atoms with Crippen LogP contribution in [0.25, 0.3) is 11.4 Å². The first-order valence-corrected chi connectivity index (χ1v) is 6.41. The van der Waals surface area contributed by atoms with Gasteiger partial charge in [-0.15, -0.1) is 10.2 Å². The Hall–Kier alpha value is -1.67. The van der Waals surface area contributed by atoms with Gasteiger partial charge in [0.05, 0.1) is 17.0 Å². The van der Waals surface area contributed by atoms with Gasteiger partial charge in [0.2, 0.25) is 0 Å². The fourth-order valence-electron chi connectivity index (χ4n) is 1.71. The van der Waals surface area contributed by atoms with Gasteiger partial charge in [-0.05, 0) is 19.1 Å². The Morgan fingerprint density at radius 1 is 1.41 bits per heavy atom. The van der Waals surface area contributed by atoms with Gasteiger partial charge in [-0.3, -0.25) is 0 Å². The third kappa shape index (κ3) is 2.22. The van der Waals surface area contributed by atoms with E-state index in [0.29, 0.717) is 10.9 Å². The summed E-state index contributed by atoms with van der Waals surface area (Å²) in [6.07, 6.45) is 0. The maximum Gasteiger partial charge on any atom is 0.164 e. The summed E-state index contributed by atoms with van der Waals surface area (Å²) in [6.45, 7) is 2.85. The fraction of sp³-hybridized carbons (Fsp3) is 0.250. The van der Waals surface area contributed by atoms with Crippen LogP contribution < -0.4 is 0 Å². The van der Waals surface area contributed by atoms with E-state index in [1.165, 1.54) is 0 Å². The molecule has 0 fully saturated rings. The van der Waals surface area contributed by atoms with Crippen LogP contribution >= 0.6 is 15.9 Å². The average molecular weight is 291 g/mol. The molecule has 0 aliphatic rings. The molecule has 0 aliphatic carbocycles. The first kappa shape index (κ1) is 11.8. The summed E-state index contributed by atoms with van der Waals surface area (Å²) in [5.74, 6) is 1.70. The number of nitriles is 1. The second-order valence-electron chi connectivity index (χ2n) is 3.51. The second kappa shape index (κ2) is 5.11. The fourth-order valence-corrected chi connectivity index (χ4v) is 2.12. The smallest absolute Gasteiger partial charge is 0.164 e. The Kier molecular flexibility index (Phi) is 3.55. The van der Waals surface area contributed by atoms with Gasteiger partial charge >= 0.3 is 0 Å². The molecule has 0 unspecified atom stereocenters. The van der Waals surface area contributed by atoms with E-state index in [-0.39, 0.29) is 0 Å². The standard InChI is InChI=1S/C12H11BrN4/c1-2-17-11(7-13)15-16-12(17)10-5-3-4-9(6-10)8-14/h3-6H,2,7H2,1H3. The van der Waals surface area contributed by atoms with Crippen LogP contribution in [0.5, 0.6) is 0 Å². The van der Waals surface area contributed by atoms with Crippen LogP contribution in [-0.2, 0) is 11.9 Å². The Bertz CT molecular complexity index is 568. The van der Waals surface area contributed by atoms with Gasteiger partial charge in [0.15, 0.2) is 5.82 Å². The van der Waals surface area contributed by atoms with Crippen molar-refractivity contribution < 1.29 is 0 Å². The summed E-state index contributed by atoms with van der Waals surface area (Å²) in [5, 5.41) is 17.9. The number of rotatable bonds is 3. The highest BCUT2D eigenvalue weighted by Gasteiger charge is 2.11. The predicted molar refractivity (Wildman–Crippen MR) is 68.5 cm³/mol. The molecular weight excluding hydrogens is 280 g/mol. The Labute approximate surface area is 108 Å². The van der Waals surface area contributed by atoms with Gasteiger partial charge < -0.3 is 4.57 Å². The normalized spacial score (nSPS) is 10.2. The maximum atomic E-state index is 8.89. The van der Waals surface area contributed by atoms with E-state index >= 15 is 0 Å². The SMILES string of the molecule is CCn1c(CBr)nnc1-c1cccc(C#N)c1. The van der Waals surface area contributed by atoms with Gasteiger partial charge in [-0.2, -0.15) is 5.26 Å². The molecule has 0 N–H and O–H groups in total. The van der Waals surface area contributed by atoms with Crippen molar-refractivity contribution in [2.75, 3.05) is 0 Å². The predicted octanol–water partition coefficient (Wildman–Crippen LogP) is 2.73. The molecule has 86 valence electrons.